The lowest BCUT2D eigenvalue weighted by molar-refractivity contribution is 0.102. The molecule has 0 atom stereocenters. The predicted molar refractivity (Wildman–Crippen MR) is 103 cm³/mol. The molecule has 0 fully saturated rings. The Kier molecular flexibility index (Phi) is 3.86. The summed E-state index contributed by atoms with van der Waals surface area (Å²) in [7, 11) is 0. The fourth-order valence-electron chi connectivity index (χ4n) is 2.76. The van der Waals surface area contributed by atoms with E-state index in [1.807, 2.05) is 50.2 Å². The predicted octanol–water partition coefficient (Wildman–Crippen LogP) is 5.16. The van der Waals surface area contributed by atoms with Crippen LogP contribution in [0.4, 0.5) is 5.69 Å². The third-order valence-corrected chi connectivity index (χ3v) is 5.23. The topological polar surface area (TPSA) is 57.8 Å². The van der Waals surface area contributed by atoms with Crippen LogP contribution < -0.4 is 5.32 Å². The SMILES string of the molecule is Cc1cccc(NC(=O)c2csc(-c3cc4ccccc4[nH]3)n2)c1C. The number of nitrogens with zero attached hydrogens (tertiary/aromatic N) is 1. The minimum Gasteiger partial charge on any atom is -0.353 e. The molecule has 2 aromatic heterocycles. The second-order valence-electron chi connectivity index (χ2n) is 6.01. The van der Waals surface area contributed by atoms with Crippen molar-refractivity contribution in [3.8, 4) is 10.7 Å². The van der Waals surface area contributed by atoms with Crippen molar-refractivity contribution < 1.29 is 4.79 Å². The van der Waals surface area contributed by atoms with Crippen LogP contribution in [0.15, 0.2) is 53.9 Å². The summed E-state index contributed by atoms with van der Waals surface area (Å²) in [5.41, 5.74) is 5.47. The fraction of sp³-hybridized carbons (Fsp3) is 0.100. The molecule has 0 radical (unpaired) electrons. The van der Waals surface area contributed by atoms with Crippen LogP contribution in [0.5, 0.6) is 0 Å². The van der Waals surface area contributed by atoms with Crippen LogP contribution in [0.25, 0.3) is 21.6 Å². The first-order valence-electron chi connectivity index (χ1n) is 8.03. The highest BCUT2D eigenvalue weighted by Crippen LogP contribution is 2.27. The number of anilines is 1. The number of nitrogens with one attached hydrogen (secondary N) is 2. The van der Waals surface area contributed by atoms with E-state index in [4.69, 9.17) is 0 Å². The van der Waals surface area contributed by atoms with Crippen molar-refractivity contribution in [3.63, 3.8) is 0 Å². The van der Waals surface area contributed by atoms with Gasteiger partial charge < -0.3 is 10.3 Å². The number of carbonyl (C=O) groups is 1. The van der Waals surface area contributed by atoms with Gasteiger partial charge in [-0.15, -0.1) is 11.3 Å². The number of hydrogen-bond acceptors (Lipinski definition) is 3. The van der Waals surface area contributed by atoms with Gasteiger partial charge in [0.15, 0.2) is 0 Å². The first-order chi connectivity index (χ1) is 12.1. The minimum atomic E-state index is -0.188. The second kappa shape index (κ2) is 6.18. The quantitative estimate of drug-likeness (QED) is 0.538. The number of carbonyl (C=O) groups excluding carboxylic acids is 1. The number of hydrogen-bond donors (Lipinski definition) is 2. The van der Waals surface area contributed by atoms with E-state index in [0.29, 0.717) is 5.69 Å². The lowest BCUT2D eigenvalue weighted by atomic mass is 10.1. The van der Waals surface area contributed by atoms with Gasteiger partial charge in [-0.25, -0.2) is 4.98 Å². The zero-order chi connectivity index (χ0) is 17.4. The number of para-hydroxylation sites is 1. The Morgan fingerprint density at radius 1 is 1.12 bits per heavy atom. The fourth-order valence-corrected chi connectivity index (χ4v) is 3.53. The van der Waals surface area contributed by atoms with Crippen LogP contribution >= 0.6 is 11.3 Å². The Morgan fingerprint density at radius 3 is 2.80 bits per heavy atom. The zero-order valence-corrected chi connectivity index (χ0v) is 14.8. The summed E-state index contributed by atoms with van der Waals surface area (Å²) >= 11 is 1.46. The molecule has 4 aromatic rings. The maximum Gasteiger partial charge on any atom is 0.275 e. The van der Waals surface area contributed by atoms with Gasteiger partial charge in [0.2, 0.25) is 0 Å². The van der Waals surface area contributed by atoms with Gasteiger partial charge in [-0.2, -0.15) is 0 Å². The third kappa shape index (κ3) is 2.94. The van der Waals surface area contributed by atoms with Gasteiger partial charge in [-0.1, -0.05) is 30.3 Å². The highest BCUT2D eigenvalue weighted by molar-refractivity contribution is 7.13. The summed E-state index contributed by atoms with van der Waals surface area (Å²) < 4.78 is 0. The number of aromatic amines is 1. The Hall–Kier alpha value is -2.92. The molecule has 0 spiro atoms. The lowest BCUT2D eigenvalue weighted by Crippen LogP contribution is -2.13. The molecule has 0 aliphatic rings. The van der Waals surface area contributed by atoms with Crippen LogP contribution in [0, 0.1) is 13.8 Å². The van der Waals surface area contributed by atoms with E-state index in [9.17, 15) is 4.79 Å². The van der Waals surface area contributed by atoms with Crippen LogP contribution in [0.3, 0.4) is 0 Å². The minimum absolute atomic E-state index is 0.188. The number of H-pyrrole nitrogens is 1. The number of thiazole rings is 1. The summed E-state index contributed by atoms with van der Waals surface area (Å²) in [6, 6.07) is 16.0. The van der Waals surface area contributed by atoms with Crippen molar-refractivity contribution in [3.05, 3.63) is 70.7 Å². The molecule has 5 heteroatoms. The average molecular weight is 347 g/mol. The van der Waals surface area contributed by atoms with Crippen LogP contribution in [0.1, 0.15) is 21.6 Å². The molecule has 1 amide bonds. The van der Waals surface area contributed by atoms with E-state index < -0.39 is 0 Å². The monoisotopic (exact) mass is 347 g/mol. The van der Waals surface area contributed by atoms with Gasteiger partial charge in [-0.3, -0.25) is 4.79 Å². The number of rotatable bonds is 3. The van der Waals surface area contributed by atoms with E-state index >= 15 is 0 Å². The van der Waals surface area contributed by atoms with Gasteiger partial charge in [-0.05, 0) is 43.2 Å². The Bertz CT molecular complexity index is 1040. The summed E-state index contributed by atoms with van der Waals surface area (Å²) in [5.74, 6) is -0.188. The first kappa shape index (κ1) is 15.6. The van der Waals surface area contributed by atoms with E-state index in [1.165, 1.54) is 11.3 Å². The van der Waals surface area contributed by atoms with Gasteiger partial charge >= 0.3 is 0 Å². The van der Waals surface area contributed by atoms with Gasteiger partial charge in [0, 0.05) is 22.0 Å². The van der Waals surface area contributed by atoms with Crippen molar-refractivity contribution in [2.75, 3.05) is 5.32 Å². The molecular formula is C20H17N3OS. The highest BCUT2D eigenvalue weighted by Gasteiger charge is 2.14. The van der Waals surface area contributed by atoms with E-state index in [1.54, 1.807) is 5.38 Å². The standard InChI is InChI=1S/C20H17N3OS/c1-12-6-5-9-15(13(12)2)22-19(24)18-11-25-20(23-18)17-10-14-7-3-4-8-16(14)21-17/h3-11,21H,1-2H3,(H,22,24). The maximum absolute atomic E-state index is 12.5. The number of amides is 1. The van der Waals surface area contributed by atoms with E-state index in [2.05, 4.69) is 27.4 Å². The molecule has 0 bridgehead atoms. The normalized spacial score (nSPS) is 11.0. The largest absolute Gasteiger partial charge is 0.353 e. The van der Waals surface area contributed by atoms with Gasteiger partial charge in [0.1, 0.15) is 10.7 Å². The van der Waals surface area contributed by atoms with Crippen molar-refractivity contribution in [2.24, 2.45) is 0 Å². The molecule has 4 rings (SSSR count). The van der Waals surface area contributed by atoms with E-state index in [-0.39, 0.29) is 5.91 Å². The zero-order valence-electron chi connectivity index (χ0n) is 14.0. The van der Waals surface area contributed by atoms with Crippen molar-refractivity contribution in [1.29, 1.82) is 0 Å². The Balaban J connectivity index is 1.60. The van der Waals surface area contributed by atoms with Crippen molar-refractivity contribution in [1.82, 2.24) is 9.97 Å². The molecule has 2 aromatic carbocycles. The molecule has 0 aliphatic heterocycles. The molecule has 0 saturated carbocycles. The van der Waals surface area contributed by atoms with Crippen molar-refractivity contribution in [2.45, 2.75) is 13.8 Å². The summed E-state index contributed by atoms with van der Waals surface area (Å²) in [6.45, 7) is 4.03. The molecule has 0 aliphatic carbocycles. The van der Waals surface area contributed by atoms with Crippen LogP contribution in [-0.2, 0) is 0 Å². The number of benzene rings is 2. The first-order valence-corrected chi connectivity index (χ1v) is 8.91. The molecule has 0 unspecified atom stereocenters. The molecule has 0 saturated heterocycles. The van der Waals surface area contributed by atoms with E-state index in [0.717, 1.165) is 38.4 Å². The molecule has 2 N–H and O–H groups in total. The Morgan fingerprint density at radius 2 is 1.96 bits per heavy atom. The molecule has 124 valence electrons. The van der Waals surface area contributed by atoms with Crippen LogP contribution in [0.2, 0.25) is 0 Å². The number of aryl methyl sites for hydroxylation is 1. The summed E-state index contributed by atoms with van der Waals surface area (Å²) in [4.78, 5) is 20.4. The third-order valence-electron chi connectivity index (χ3n) is 4.35. The van der Waals surface area contributed by atoms with Crippen molar-refractivity contribution >= 4 is 33.8 Å². The maximum atomic E-state index is 12.5. The average Bonchev–Trinajstić information content (AvgIpc) is 3.25. The molecule has 25 heavy (non-hydrogen) atoms. The summed E-state index contributed by atoms with van der Waals surface area (Å²) in [5, 5.41) is 6.69. The lowest BCUT2D eigenvalue weighted by Gasteiger charge is -2.09. The van der Waals surface area contributed by atoms with Gasteiger partial charge in [0.25, 0.3) is 5.91 Å². The molecule has 2 heterocycles. The smallest absolute Gasteiger partial charge is 0.275 e. The summed E-state index contributed by atoms with van der Waals surface area (Å²) in [6.07, 6.45) is 0. The number of fused-ring (bicyclic) bond motifs is 1. The Labute approximate surface area is 149 Å². The van der Waals surface area contributed by atoms with Crippen LogP contribution in [-0.4, -0.2) is 15.9 Å². The molecular weight excluding hydrogens is 330 g/mol. The molecule has 4 nitrogen and oxygen atoms in total. The highest BCUT2D eigenvalue weighted by atomic mass is 32.1. The number of aromatic nitrogens is 2. The second-order valence-corrected chi connectivity index (χ2v) is 6.87. The van der Waals surface area contributed by atoms with Gasteiger partial charge in [0.05, 0.1) is 5.69 Å².